The van der Waals surface area contributed by atoms with E-state index in [2.05, 4.69) is 15.3 Å². The van der Waals surface area contributed by atoms with Crippen molar-refractivity contribution in [3.05, 3.63) is 67.3 Å². The van der Waals surface area contributed by atoms with Gasteiger partial charge >= 0.3 is 0 Å². The molecule has 3 rings (SSSR count). The van der Waals surface area contributed by atoms with Crippen molar-refractivity contribution < 1.29 is 4.79 Å². The van der Waals surface area contributed by atoms with Crippen LogP contribution in [-0.2, 0) is 6.54 Å². The van der Waals surface area contributed by atoms with E-state index in [4.69, 9.17) is 0 Å². The van der Waals surface area contributed by atoms with Crippen molar-refractivity contribution in [2.24, 2.45) is 0 Å². The largest absolute Gasteiger partial charge is 0.351 e. The Kier molecular flexibility index (Phi) is 4.29. The van der Waals surface area contributed by atoms with Gasteiger partial charge in [-0.15, -0.1) is 0 Å². The Morgan fingerprint density at radius 1 is 1.18 bits per heavy atom. The van der Waals surface area contributed by atoms with Gasteiger partial charge < -0.3 is 14.5 Å². The number of amides is 1. The molecule has 0 aliphatic carbocycles. The SMILES string of the molecule is O=C(NCCCn1ccnc1)c1cn(-c2ccccc2)cn1. The van der Waals surface area contributed by atoms with Crippen LogP contribution in [0.15, 0.2) is 61.6 Å². The van der Waals surface area contributed by atoms with E-state index in [0.29, 0.717) is 12.2 Å². The number of nitrogens with zero attached hydrogens (tertiary/aromatic N) is 4. The Balaban J connectivity index is 1.51. The van der Waals surface area contributed by atoms with Crippen LogP contribution in [0.25, 0.3) is 5.69 Å². The highest BCUT2D eigenvalue weighted by Gasteiger charge is 2.09. The zero-order valence-corrected chi connectivity index (χ0v) is 12.1. The molecule has 22 heavy (non-hydrogen) atoms. The summed E-state index contributed by atoms with van der Waals surface area (Å²) in [4.78, 5) is 20.2. The first-order valence-corrected chi connectivity index (χ1v) is 7.16. The molecule has 0 saturated carbocycles. The van der Waals surface area contributed by atoms with Gasteiger partial charge in [0.1, 0.15) is 12.0 Å². The molecule has 0 saturated heterocycles. The van der Waals surface area contributed by atoms with E-state index in [1.807, 2.05) is 45.7 Å². The first-order valence-electron chi connectivity index (χ1n) is 7.16. The summed E-state index contributed by atoms with van der Waals surface area (Å²) in [7, 11) is 0. The Morgan fingerprint density at radius 3 is 2.82 bits per heavy atom. The number of hydrogen-bond acceptors (Lipinski definition) is 3. The number of imidazole rings is 2. The topological polar surface area (TPSA) is 64.7 Å². The average Bonchev–Trinajstić information content (AvgIpc) is 3.24. The molecule has 0 spiro atoms. The molecule has 1 aromatic carbocycles. The summed E-state index contributed by atoms with van der Waals surface area (Å²) >= 11 is 0. The molecule has 1 N–H and O–H groups in total. The number of benzene rings is 1. The second-order valence-corrected chi connectivity index (χ2v) is 4.91. The summed E-state index contributed by atoms with van der Waals surface area (Å²) in [6.07, 6.45) is 9.65. The highest BCUT2D eigenvalue weighted by molar-refractivity contribution is 5.92. The molecule has 0 unspecified atom stereocenters. The summed E-state index contributed by atoms with van der Waals surface area (Å²) in [6.45, 7) is 1.44. The van der Waals surface area contributed by atoms with Crippen LogP contribution in [0.2, 0.25) is 0 Å². The van der Waals surface area contributed by atoms with Gasteiger partial charge in [-0.25, -0.2) is 9.97 Å². The minimum Gasteiger partial charge on any atom is -0.351 e. The molecule has 112 valence electrons. The van der Waals surface area contributed by atoms with Gasteiger partial charge in [0.05, 0.1) is 6.33 Å². The third-order valence-electron chi connectivity index (χ3n) is 3.31. The van der Waals surface area contributed by atoms with Crippen LogP contribution < -0.4 is 5.32 Å². The monoisotopic (exact) mass is 295 g/mol. The minimum absolute atomic E-state index is 0.152. The van der Waals surface area contributed by atoms with E-state index in [0.717, 1.165) is 18.7 Å². The number of aromatic nitrogens is 4. The lowest BCUT2D eigenvalue weighted by atomic mass is 10.3. The van der Waals surface area contributed by atoms with Gasteiger partial charge in [-0.1, -0.05) is 18.2 Å². The van der Waals surface area contributed by atoms with E-state index < -0.39 is 0 Å². The van der Waals surface area contributed by atoms with Crippen molar-refractivity contribution in [1.82, 2.24) is 24.4 Å². The summed E-state index contributed by atoms with van der Waals surface area (Å²) in [5.74, 6) is -0.152. The van der Waals surface area contributed by atoms with E-state index in [1.165, 1.54) is 0 Å². The molecule has 6 nitrogen and oxygen atoms in total. The summed E-state index contributed by atoms with van der Waals surface area (Å²) in [5.41, 5.74) is 1.40. The van der Waals surface area contributed by atoms with Gasteiger partial charge in [0.25, 0.3) is 5.91 Å². The maximum Gasteiger partial charge on any atom is 0.271 e. The third kappa shape index (κ3) is 3.41. The highest BCUT2D eigenvalue weighted by atomic mass is 16.1. The lowest BCUT2D eigenvalue weighted by Crippen LogP contribution is -2.25. The molecule has 0 atom stereocenters. The van der Waals surface area contributed by atoms with Gasteiger partial charge in [0.2, 0.25) is 0 Å². The fourth-order valence-corrected chi connectivity index (χ4v) is 2.15. The van der Waals surface area contributed by atoms with Crippen molar-refractivity contribution in [1.29, 1.82) is 0 Å². The Labute approximate surface area is 128 Å². The fraction of sp³-hybridized carbons (Fsp3) is 0.188. The predicted octanol–water partition coefficient (Wildman–Crippen LogP) is 1.89. The van der Waals surface area contributed by atoms with Crippen LogP contribution in [-0.4, -0.2) is 31.6 Å². The van der Waals surface area contributed by atoms with Gasteiger partial charge in [0, 0.05) is 37.4 Å². The van der Waals surface area contributed by atoms with Crippen LogP contribution in [0.1, 0.15) is 16.9 Å². The standard InChI is InChI=1S/C16H17N5O/c22-16(18-7-4-9-20-10-8-17-12-20)15-11-21(13-19-15)14-5-2-1-3-6-14/h1-3,5-6,8,10-13H,4,7,9H2,(H,18,22). The number of rotatable bonds is 6. The maximum atomic E-state index is 12.0. The van der Waals surface area contributed by atoms with Crippen molar-refractivity contribution in [3.63, 3.8) is 0 Å². The number of carbonyl (C=O) groups excluding carboxylic acids is 1. The molecular formula is C16H17N5O. The fourth-order valence-electron chi connectivity index (χ4n) is 2.15. The van der Waals surface area contributed by atoms with Gasteiger partial charge in [-0.2, -0.15) is 0 Å². The molecular weight excluding hydrogens is 278 g/mol. The molecule has 0 bridgehead atoms. The van der Waals surface area contributed by atoms with Crippen LogP contribution in [0.3, 0.4) is 0 Å². The number of aryl methyl sites for hydroxylation is 1. The van der Waals surface area contributed by atoms with Crippen molar-refractivity contribution in [2.75, 3.05) is 6.54 Å². The van der Waals surface area contributed by atoms with Crippen LogP contribution in [0, 0.1) is 0 Å². The van der Waals surface area contributed by atoms with Crippen molar-refractivity contribution in [2.45, 2.75) is 13.0 Å². The molecule has 0 fully saturated rings. The normalized spacial score (nSPS) is 10.5. The highest BCUT2D eigenvalue weighted by Crippen LogP contribution is 2.07. The summed E-state index contributed by atoms with van der Waals surface area (Å²) in [5, 5.41) is 2.88. The zero-order valence-electron chi connectivity index (χ0n) is 12.1. The second kappa shape index (κ2) is 6.71. The smallest absolute Gasteiger partial charge is 0.271 e. The van der Waals surface area contributed by atoms with E-state index in [1.54, 1.807) is 25.0 Å². The lowest BCUT2D eigenvalue weighted by molar-refractivity contribution is 0.0948. The quantitative estimate of drug-likeness (QED) is 0.706. The lowest BCUT2D eigenvalue weighted by Gasteiger charge is -2.04. The van der Waals surface area contributed by atoms with E-state index in [-0.39, 0.29) is 5.91 Å². The maximum absolute atomic E-state index is 12.0. The molecule has 2 heterocycles. The van der Waals surface area contributed by atoms with Gasteiger partial charge in [-0.05, 0) is 18.6 Å². The molecule has 0 aliphatic rings. The molecule has 2 aromatic heterocycles. The predicted molar refractivity (Wildman–Crippen MR) is 82.7 cm³/mol. The minimum atomic E-state index is -0.152. The van der Waals surface area contributed by atoms with Crippen LogP contribution in [0.4, 0.5) is 0 Å². The molecule has 0 aliphatic heterocycles. The van der Waals surface area contributed by atoms with Gasteiger partial charge in [0.15, 0.2) is 0 Å². The number of carbonyl (C=O) groups is 1. The molecule has 0 radical (unpaired) electrons. The number of para-hydroxylation sites is 1. The second-order valence-electron chi connectivity index (χ2n) is 4.91. The summed E-state index contributed by atoms with van der Waals surface area (Å²) < 4.78 is 3.82. The first-order chi connectivity index (χ1) is 10.8. The van der Waals surface area contributed by atoms with Crippen molar-refractivity contribution in [3.8, 4) is 5.69 Å². The Hall–Kier alpha value is -2.89. The third-order valence-corrected chi connectivity index (χ3v) is 3.31. The molecule has 1 amide bonds. The number of hydrogen-bond donors (Lipinski definition) is 1. The Bertz CT molecular complexity index is 718. The van der Waals surface area contributed by atoms with Crippen molar-refractivity contribution >= 4 is 5.91 Å². The molecule has 6 heteroatoms. The molecule has 3 aromatic rings. The number of nitrogens with one attached hydrogen (secondary N) is 1. The zero-order chi connectivity index (χ0) is 15.2. The first kappa shape index (κ1) is 14.1. The van der Waals surface area contributed by atoms with Crippen LogP contribution >= 0.6 is 0 Å². The average molecular weight is 295 g/mol. The van der Waals surface area contributed by atoms with Gasteiger partial charge in [-0.3, -0.25) is 4.79 Å². The van der Waals surface area contributed by atoms with E-state index in [9.17, 15) is 4.79 Å². The van der Waals surface area contributed by atoms with E-state index >= 15 is 0 Å². The van der Waals surface area contributed by atoms with Crippen LogP contribution in [0.5, 0.6) is 0 Å². The Morgan fingerprint density at radius 2 is 2.05 bits per heavy atom. The summed E-state index contributed by atoms with van der Waals surface area (Å²) in [6, 6.07) is 9.79.